The van der Waals surface area contributed by atoms with E-state index in [1.165, 1.54) is 29.5 Å². The molecule has 0 radical (unpaired) electrons. The molecular weight excluding hydrogens is 435 g/mol. The van der Waals surface area contributed by atoms with Crippen LogP contribution in [-0.4, -0.2) is 23.9 Å². The first-order valence-corrected chi connectivity index (χ1v) is 6.69. The maximum Gasteiger partial charge on any atom is 0.573 e. The molecule has 1 heterocycles. The molecule has 0 saturated carbocycles. The van der Waals surface area contributed by atoms with Gasteiger partial charge in [-0.15, -0.1) is 13.2 Å². The molecule has 0 amide bonds. The first-order chi connectivity index (χ1) is 9.95. The summed E-state index contributed by atoms with van der Waals surface area (Å²) in [6.45, 7) is 1.28. The summed E-state index contributed by atoms with van der Waals surface area (Å²) < 4.78 is 83.4. The molecule has 22 heavy (non-hydrogen) atoms. The third-order valence-electron chi connectivity index (χ3n) is 2.24. The van der Waals surface area contributed by atoms with Crippen LogP contribution < -0.4 is 4.74 Å². The third kappa shape index (κ3) is 5.18. The van der Waals surface area contributed by atoms with E-state index in [9.17, 15) is 31.1 Å². The molecule has 0 atom stereocenters. The molecule has 11 heteroatoms. The SMILES string of the molecule is CCOC(=O)Cc1c(C(F)(F)F)cnc(I)c1OC(F)(F)F. The quantitative estimate of drug-likeness (QED) is 0.308. The number of hydrogen-bond donors (Lipinski definition) is 0. The predicted octanol–water partition coefficient (Wildman–Crippen LogP) is 3.71. The fourth-order valence-electron chi connectivity index (χ4n) is 1.50. The van der Waals surface area contributed by atoms with Gasteiger partial charge in [-0.1, -0.05) is 0 Å². The summed E-state index contributed by atoms with van der Waals surface area (Å²) in [4.78, 5) is 14.6. The van der Waals surface area contributed by atoms with Gasteiger partial charge in [-0.05, 0) is 29.5 Å². The van der Waals surface area contributed by atoms with Crippen molar-refractivity contribution in [1.29, 1.82) is 0 Å². The number of hydrogen-bond acceptors (Lipinski definition) is 4. The first kappa shape index (κ1) is 18.8. The van der Waals surface area contributed by atoms with Crippen LogP contribution in [0.5, 0.6) is 5.75 Å². The molecule has 0 aromatic carbocycles. The number of ether oxygens (including phenoxy) is 2. The Morgan fingerprint density at radius 1 is 1.27 bits per heavy atom. The zero-order chi connectivity index (χ0) is 17.1. The molecule has 1 rings (SSSR count). The first-order valence-electron chi connectivity index (χ1n) is 5.61. The third-order valence-corrected chi connectivity index (χ3v) is 3.01. The molecule has 0 unspecified atom stereocenters. The Morgan fingerprint density at radius 2 is 1.86 bits per heavy atom. The lowest BCUT2D eigenvalue weighted by atomic mass is 10.1. The Hall–Kier alpha value is -1.27. The number of aromatic nitrogens is 1. The molecule has 0 aliphatic carbocycles. The van der Waals surface area contributed by atoms with Crippen molar-refractivity contribution < 1.29 is 40.6 Å². The van der Waals surface area contributed by atoms with E-state index >= 15 is 0 Å². The number of alkyl halides is 6. The van der Waals surface area contributed by atoms with Crippen LogP contribution in [0.25, 0.3) is 0 Å². The van der Waals surface area contributed by atoms with Gasteiger partial charge in [-0.2, -0.15) is 13.2 Å². The second kappa shape index (κ2) is 6.87. The van der Waals surface area contributed by atoms with Crippen molar-refractivity contribution >= 4 is 28.6 Å². The van der Waals surface area contributed by atoms with Gasteiger partial charge in [0.2, 0.25) is 0 Å². The van der Waals surface area contributed by atoms with E-state index in [0.29, 0.717) is 6.20 Å². The van der Waals surface area contributed by atoms with E-state index in [1.54, 1.807) is 0 Å². The summed E-state index contributed by atoms with van der Waals surface area (Å²) in [5, 5.41) is 0. The minimum atomic E-state index is -5.23. The lowest BCUT2D eigenvalue weighted by Gasteiger charge is -2.18. The second-order valence-corrected chi connectivity index (χ2v) is 4.82. The molecule has 4 nitrogen and oxygen atoms in total. The van der Waals surface area contributed by atoms with E-state index < -0.39 is 45.5 Å². The number of pyridine rings is 1. The monoisotopic (exact) mass is 443 g/mol. The zero-order valence-corrected chi connectivity index (χ0v) is 13.0. The normalized spacial score (nSPS) is 12.2. The van der Waals surface area contributed by atoms with Crippen molar-refractivity contribution in [3.63, 3.8) is 0 Å². The number of carbonyl (C=O) groups is 1. The summed E-state index contributed by atoms with van der Waals surface area (Å²) in [5.74, 6) is -2.27. The van der Waals surface area contributed by atoms with Crippen LogP contribution >= 0.6 is 22.6 Å². The second-order valence-electron chi connectivity index (χ2n) is 3.80. The summed E-state index contributed by atoms with van der Waals surface area (Å²) in [6.07, 6.45) is -10.9. The van der Waals surface area contributed by atoms with Gasteiger partial charge in [0.05, 0.1) is 18.6 Å². The minimum absolute atomic E-state index is 0.127. The van der Waals surface area contributed by atoms with Crippen molar-refractivity contribution in [3.05, 3.63) is 21.0 Å². The fourth-order valence-corrected chi connectivity index (χ4v) is 2.08. The Kier molecular flexibility index (Phi) is 5.87. The van der Waals surface area contributed by atoms with E-state index in [2.05, 4.69) is 14.5 Å². The van der Waals surface area contributed by atoms with E-state index in [0.717, 1.165) is 0 Å². The fraction of sp³-hybridized carbons (Fsp3) is 0.455. The number of halogens is 7. The smallest absolute Gasteiger partial charge is 0.466 e. The van der Waals surface area contributed by atoms with Crippen LogP contribution in [0.3, 0.4) is 0 Å². The molecule has 0 N–H and O–H groups in total. The topological polar surface area (TPSA) is 48.4 Å². The number of rotatable bonds is 4. The highest BCUT2D eigenvalue weighted by atomic mass is 127. The maximum atomic E-state index is 12.9. The van der Waals surface area contributed by atoms with Crippen molar-refractivity contribution in [2.24, 2.45) is 0 Å². The van der Waals surface area contributed by atoms with E-state index in [4.69, 9.17) is 0 Å². The average Bonchev–Trinajstić information content (AvgIpc) is 2.31. The maximum absolute atomic E-state index is 12.9. The van der Waals surface area contributed by atoms with Gasteiger partial charge in [0.15, 0.2) is 5.75 Å². The lowest BCUT2D eigenvalue weighted by Crippen LogP contribution is -2.23. The average molecular weight is 443 g/mol. The van der Waals surface area contributed by atoms with Gasteiger partial charge in [0.25, 0.3) is 0 Å². The summed E-state index contributed by atoms with van der Waals surface area (Å²) >= 11 is 1.28. The van der Waals surface area contributed by atoms with Gasteiger partial charge < -0.3 is 9.47 Å². The molecule has 1 aromatic rings. The Bertz CT molecular complexity index is 558. The molecule has 124 valence electrons. The highest BCUT2D eigenvalue weighted by molar-refractivity contribution is 14.1. The molecule has 0 aliphatic rings. The number of carbonyl (C=O) groups excluding carboxylic acids is 1. The van der Waals surface area contributed by atoms with Crippen LogP contribution in [0.1, 0.15) is 18.1 Å². The molecule has 0 fully saturated rings. The van der Waals surface area contributed by atoms with Gasteiger partial charge in [-0.3, -0.25) is 4.79 Å². The van der Waals surface area contributed by atoms with Gasteiger partial charge in [0, 0.05) is 11.8 Å². The Labute approximate surface area is 133 Å². The van der Waals surface area contributed by atoms with Crippen LogP contribution in [0, 0.1) is 3.70 Å². The minimum Gasteiger partial charge on any atom is -0.466 e. The zero-order valence-electron chi connectivity index (χ0n) is 10.8. The van der Waals surface area contributed by atoms with Gasteiger partial charge >= 0.3 is 18.5 Å². The standard InChI is InChI=1S/C11H8F6INO3/c1-2-21-7(20)3-5-6(10(12,13)14)4-19-9(18)8(5)22-11(15,16)17/h4H,2-3H2,1H3. The molecular formula is C11H8F6INO3. The van der Waals surface area contributed by atoms with Crippen LogP contribution in [-0.2, 0) is 22.1 Å². The molecule has 0 bridgehead atoms. The summed E-state index contributed by atoms with van der Waals surface area (Å²) in [7, 11) is 0. The van der Waals surface area contributed by atoms with Crippen molar-refractivity contribution in [2.45, 2.75) is 25.9 Å². The Balaban J connectivity index is 3.42. The lowest BCUT2D eigenvalue weighted by molar-refractivity contribution is -0.275. The van der Waals surface area contributed by atoms with Crippen molar-refractivity contribution in [1.82, 2.24) is 4.98 Å². The molecule has 1 aromatic heterocycles. The largest absolute Gasteiger partial charge is 0.573 e. The molecule has 0 aliphatic heterocycles. The molecule has 0 spiro atoms. The van der Waals surface area contributed by atoms with E-state index in [1.807, 2.05) is 0 Å². The Morgan fingerprint density at radius 3 is 2.32 bits per heavy atom. The highest BCUT2D eigenvalue weighted by Crippen LogP contribution is 2.39. The van der Waals surface area contributed by atoms with E-state index in [-0.39, 0.29) is 6.61 Å². The summed E-state index contributed by atoms with van der Waals surface area (Å²) in [6, 6.07) is 0. The summed E-state index contributed by atoms with van der Waals surface area (Å²) in [5.41, 5.74) is -2.46. The number of nitrogens with zero attached hydrogens (tertiary/aromatic N) is 1. The van der Waals surface area contributed by atoms with Gasteiger partial charge in [-0.25, -0.2) is 4.98 Å². The highest BCUT2D eigenvalue weighted by Gasteiger charge is 2.40. The van der Waals surface area contributed by atoms with Crippen molar-refractivity contribution in [3.8, 4) is 5.75 Å². The van der Waals surface area contributed by atoms with Crippen LogP contribution in [0.4, 0.5) is 26.3 Å². The van der Waals surface area contributed by atoms with Crippen LogP contribution in [0.2, 0.25) is 0 Å². The van der Waals surface area contributed by atoms with Crippen molar-refractivity contribution in [2.75, 3.05) is 6.61 Å². The van der Waals surface area contributed by atoms with Gasteiger partial charge in [0.1, 0.15) is 3.70 Å². The predicted molar refractivity (Wildman–Crippen MR) is 69.0 cm³/mol. The number of esters is 1. The molecule has 0 saturated heterocycles. The van der Waals surface area contributed by atoms with Crippen LogP contribution in [0.15, 0.2) is 6.20 Å².